The van der Waals surface area contributed by atoms with Gasteiger partial charge in [0.05, 0.1) is 20.6 Å². The summed E-state index contributed by atoms with van der Waals surface area (Å²) in [4.78, 5) is 2.59. The molecular weight excluding hydrogens is 464 g/mol. The molecule has 5 aromatic rings. The SMILES string of the molecule is C[N+](C)(CCCN1c2ccccc2[Si](C)(C)c2ccccc21)Cc1c2ccccc2cc2ccccc12. The molecule has 0 saturated heterocycles. The average Bonchev–Trinajstić information content (AvgIpc) is 2.90. The summed E-state index contributed by atoms with van der Waals surface area (Å²) in [6.45, 7) is 8.18. The van der Waals surface area contributed by atoms with Crippen LogP contribution in [0.2, 0.25) is 13.1 Å². The minimum atomic E-state index is -1.70. The third-order valence-corrected chi connectivity index (χ3v) is 11.9. The lowest BCUT2D eigenvalue weighted by Crippen LogP contribution is -2.59. The number of rotatable bonds is 6. The van der Waals surface area contributed by atoms with Crippen LogP contribution < -0.4 is 15.3 Å². The minimum Gasteiger partial charge on any atom is -0.341 e. The first kappa shape index (κ1) is 24.0. The maximum absolute atomic E-state index is 2.59. The molecule has 2 nitrogen and oxygen atoms in total. The fourth-order valence-corrected chi connectivity index (χ4v) is 9.47. The van der Waals surface area contributed by atoms with E-state index in [0.717, 1.165) is 30.5 Å². The predicted molar refractivity (Wildman–Crippen MR) is 163 cm³/mol. The van der Waals surface area contributed by atoms with E-state index in [4.69, 9.17) is 0 Å². The molecular formula is C34H37N2Si+. The van der Waals surface area contributed by atoms with Crippen LogP contribution in [0.3, 0.4) is 0 Å². The van der Waals surface area contributed by atoms with Gasteiger partial charge in [-0.2, -0.15) is 0 Å². The van der Waals surface area contributed by atoms with E-state index in [2.05, 4.69) is 135 Å². The van der Waals surface area contributed by atoms with E-state index >= 15 is 0 Å². The molecule has 0 radical (unpaired) electrons. The lowest BCUT2D eigenvalue weighted by molar-refractivity contribution is -0.903. The molecule has 0 amide bonds. The summed E-state index contributed by atoms with van der Waals surface area (Å²) >= 11 is 0. The zero-order chi connectivity index (χ0) is 25.6. The third kappa shape index (κ3) is 4.26. The molecule has 1 aliphatic rings. The maximum atomic E-state index is 2.59. The highest BCUT2D eigenvalue weighted by molar-refractivity contribution is 7.02. The zero-order valence-corrected chi connectivity index (χ0v) is 23.5. The molecule has 6 rings (SSSR count). The normalized spacial score (nSPS) is 14.5. The van der Waals surface area contributed by atoms with Crippen molar-refractivity contribution in [3.05, 3.63) is 109 Å². The fourth-order valence-electron chi connectivity index (χ4n) is 6.43. The van der Waals surface area contributed by atoms with Gasteiger partial charge < -0.3 is 9.38 Å². The highest BCUT2D eigenvalue weighted by Gasteiger charge is 2.37. The number of para-hydroxylation sites is 2. The molecule has 0 atom stereocenters. The van der Waals surface area contributed by atoms with Crippen molar-refractivity contribution in [1.29, 1.82) is 0 Å². The lowest BCUT2D eigenvalue weighted by atomic mass is 9.96. The summed E-state index contributed by atoms with van der Waals surface area (Å²) in [6, 6.07) is 38.3. The highest BCUT2D eigenvalue weighted by atomic mass is 28.3. The van der Waals surface area contributed by atoms with Gasteiger partial charge in [0.2, 0.25) is 0 Å². The van der Waals surface area contributed by atoms with Crippen molar-refractivity contribution in [3.63, 3.8) is 0 Å². The number of hydrogen-bond acceptors (Lipinski definition) is 1. The average molecular weight is 502 g/mol. The van der Waals surface area contributed by atoms with Crippen molar-refractivity contribution in [2.24, 2.45) is 0 Å². The van der Waals surface area contributed by atoms with Crippen LogP contribution in [0.4, 0.5) is 11.4 Å². The van der Waals surface area contributed by atoms with E-state index in [1.165, 1.54) is 38.5 Å². The largest absolute Gasteiger partial charge is 0.341 e. The molecule has 0 saturated carbocycles. The molecule has 37 heavy (non-hydrogen) atoms. The van der Waals surface area contributed by atoms with E-state index < -0.39 is 8.07 Å². The van der Waals surface area contributed by atoms with Crippen molar-refractivity contribution >= 4 is 51.4 Å². The van der Waals surface area contributed by atoms with Crippen molar-refractivity contribution in [2.75, 3.05) is 32.1 Å². The molecule has 0 unspecified atom stereocenters. The van der Waals surface area contributed by atoms with Gasteiger partial charge in [0, 0.05) is 29.9 Å². The number of hydrogen-bond donors (Lipinski definition) is 0. The minimum absolute atomic E-state index is 0.968. The Morgan fingerprint density at radius 2 is 1.14 bits per heavy atom. The second-order valence-corrected chi connectivity index (χ2v) is 16.1. The first-order chi connectivity index (χ1) is 17.9. The topological polar surface area (TPSA) is 3.24 Å². The standard InChI is InChI=1S/C34H37N2Si/c1-36(2,25-30-28-16-7-5-14-26(28)24-27-15-6-8-17-29(27)30)23-13-22-35-31-18-9-11-20-33(31)37(3,4)34-21-12-10-19-32(34)35/h5-12,14-21,24H,13,22-23,25H2,1-4H3/q+1. The second-order valence-electron chi connectivity index (χ2n) is 11.8. The van der Waals surface area contributed by atoms with Crippen LogP contribution in [-0.4, -0.2) is 39.7 Å². The summed E-state index contributed by atoms with van der Waals surface area (Å²) in [5.74, 6) is 0. The third-order valence-electron chi connectivity index (χ3n) is 8.35. The molecule has 186 valence electrons. The zero-order valence-electron chi connectivity index (χ0n) is 22.5. The lowest BCUT2D eigenvalue weighted by Gasteiger charge is -2.41. The van der Waals surface area contributed by atoms with Gasteiger partial charge in [0.1, 0.15) is 14.6 Å². The van der Waals surface area contributed by atoms with Crippen molar-refractivity contribution < 1.29 is 4.48 Å². The highest BCUT2D eigenvalue weighted by Crippen LogP contribution is 2.33. The van der Waals surface area contributed by atoms with Crippen LogP contribution in [0.1, 0.15) is 12.0 Å². The van der Waals surface area contributed by atoms with E-state index in [9.17, 15) is 0 Å². The molecule has 0 bridgehead atoms. The Morgan fingerprint density at radius 1 is 0.649 bits per heavy atom. The van der Waals surface area contributed by atoms with Crippen molar-refractivity contribution in [1.82, 2.24) is 0 Å². The molecule has 1 aliphatic heterocycles. The molecule has 1 heterocycles. The summed E-state index contributed by atoms with van der Waals surface area (Å²) in [7, 11) is 3.09. The van der Waals surface area contributed by atoms with Crippen molar-refractivity contribution in [3.8, 4) is 0 Å². The monoisotopic (exact) mass is 501 g/mol. The van der Waals surface area contributed by atoms with Crippen LogP contribution in [0.5, 0.6) is 0 Å². The Morgan fingerprint density at radius 3 is 1.70 bits per heavy atom. The van der Waals surface area contributed by atoms with Crippen LogP contribution in [-0.2, 0) is 6.54 Å². The Bertz CT molecular complexity index is 1500. The molecule has 0 N–H and O–H groups in total. The van der Waals surface area contributed by atoms with E-state index in [1.54, 1.807) is 10.4 Å². The smallest absolute Gasteiger partial charge is 0.117 e. The number of fused-ring (bicyclic) bond motifs is 4. The first-order valence-electron chi connectivity index (χ1n) is 13.5. The Kier molecular flexibility index (Phi) is 5.93. The Balaban J connectivity index is 1.27. The fraction of sp³-hybridized carbons (Fsp3) is 0.235. The van der Waals surface area contributed by atoms with Gasteiger partial charge in [0.25, 0.3) is 0 Å². The molecule has 5 aromatic carbocycles. The number of quaternary nitrogens is 1. The summed E-state index contributed by atoms with van der Waals surface area (Å²) in [5, 5.41) is 8.57. The summed E-state index contributed by atoms with van der Waals surface area (Å²) in [5.41, 5.74) is 4.31. The molecule has 0 spiro atoms. The first-order valence-corrected chi connectivity index (χ1v) is 16.5. The number of nitrogens with zero attached hydrogens (tertiary/aromatic N) is 2. The van der Waals surface area contributed by atoms with Gasteiger partial charge in [-0.05, 0) is 50.1 Å². The molecule has 0 aromatic heterocycles. The Labute approximate surface area is 222 Å². The van der Waals surface area contributed by atoms with Gasteiger partial charge in [-0.25, -0.2) is 0 Å². The number of anilines is 2. The van der Waals surface area contributed by atoms with Crippen molar-refractivity contribution in [2.45, 2.75) is 26.1 Å². The van der Waals surface area contributed by atoms with E-state index in [-0.39, 0.29) is 0 Å². The molecule has 0 aliphatic carbocycles. The van der Waals surface area contributed by atoms with Crippen LogP contribution >= 0.6 is 0 Å². The van der Waals surface area contributed by atoms with E-state index in [1.807, 2.05) is 0 Å². The van der Waals surface area contributed by atoms with Crippen LogP contribution in [0, 0.1) is 0 Å². The summed E-state index contributed by atoms with van der Waals surface area (Å²) in [6.07, 6.45) is 1.14. The van der Waals surface area contributed by atoms with Gasteiger partial charge in [-0.15, -0.1) is 0 Å². The Hall–Kier alpha value is -3.40. The quantitative estimate of drug-likeness (QED) is 0.138. The van der Waals surface area contributed by atoms with Gasteiger partial charge in [-0.1, -0.05) is 98.0 Å². The molecule has 3 heteroatoms. The van der Waals surface area contributed by atoms with Gasteiger partial charge >= 0.3 is 0 Å². The molecule has 0 fully saturated rings. The predicted octanol–water partition coefficient (Wildman–Crippen LogP) is 6.93. The maximum Gasteiger partial charge on any atom is 0.117 e. The van der Waals surface area contributed by atoms with Crippen LogP contribution in [0.25, 0.3) is 21.5 Å². The second kappa shape index (κ2) is 9.16. The number of benzene rings is 5. The van der Waals surface area contributed by atoms with E-state index in [0.29, 0.717) is 0 Å². The van der Waals surface area contributed by atoms with Crippen LogP contribution in [0.15, 0.2) is 103 Å². The summed E-state index contributed by atoms with van der Waals surface area (Å²) < 4.78 is 0.968. The van der Waals surface area contributed by atoms with Gasteiger partial charge in [-0.3, -0.25) is 0 Å². The van der Waals surface area contributed by atoms with Gasteiger partial charge in [0.15, 0.2) is 0 Å².